The average molecular weight is 397 g/mol. The molecule has 0 bridgehead atoms. The maximum absolute atomic E-state index is 5.79. The zero-order valence-corrected chi connectivity index (χ0v) is 19.4. The minimum atomic E-state index is 0.0295. The van der Waals surface area contributed by atoms with Crippen LogP contribution in [0.25, 0.3) is 0 Å². The highest BCUT2D eigenvalue weighted by Gasteiger charge is 2.21. The third kappa shape index (κ3) is 4.87. The van der Waals surface area contributed by atoms with Gasteiger partial charge in [0.15, 0.2) is 0 Å². The Morgan fingerprint density at radius 1 is 0.700 bits per heavy atom. The number of aryl methyl sites for hydroxylation is 6. The summed E-state index contributed by atoms with van der Waals surface area (Å²) in [5.41, 5.74) is 11.9. The summed E-state index contributed by atoms with van der Waals surface area (Å²) in [5.74, 6) is 13.8. The molecule has 2 aromatic rings. The first-order valence-corrected chi connectivity index (χ1v) is 10.8. The highest BCUT2D eigenvalue weighted by molar-refractivity contribution is 5.56. The van der Waals surface area contributed by atoms with Crippen LogP contribution in [0, 0.1) is 65.2 Å². The van der Waals surface area contributed by atoms with Crippen molar-refractivity contribution in [3.8, 4) is 23.7 Å². The van der Waals surface area contributed by atoms with Crippen LogP contribution in [0.4, 0.5) is 0 Å². The molecule has 0 fully saturated rings. The van der Waals surface area contributed by atoms with Crippen LogP contribution in [0.15, 0.2) is 35.4 Å². The molecule has 0 spiro atoms. The molecule has 0 aliphatic heterocycles. The molecule has 1 unspecified atom stereocenters. The van der Waals surface area contributed by atoms with Gasteiger partial charge in [0.05, 0.1) is 6.10 Å². The van der Waals surface area contributed by atoms with Crippen molar-refractivity contribution in [3.05, 3.63) is 79.9 Å². The molecule has 0 heterocycles. The van der Waals surface area contributed by atoms with E-state index in [1.807, 2.05) is 0 Å². The summed E-state index contributed by atoms with van der Waals surface area (Å²) in [6, 6.07) is 8.80. The Morgan fingerprint density at radius 3 is 1.63 bits per heavy atom. The van der Waals surface area contributed by atoms with E-state index in [9.17, 15) is 0 Å². The summed E-state index contributed by atoms with van der Waals surface area (Å²) in [4.78, 5) is 0. The van der Waals surface area contributed by atoms with Crippen LogP contribution < -0.4 is 0 Å². The Bertz CT molecular complexity index is 1080. The van der Waals surface area contributed by atoms with E-state index in [1.165, 1.54) is 33.4 Å². The zero-order chi connectivity index (χ0) is 21.8. The molecule has 1 atom stereocenters. The van der Waals surface area contributed by atoms with Crippen molar-refractivity contribution in [1.82, 2.24) is 0 Å². The van der Waals surface area contributed by atoms with E-state index in [-0.39, 0.29) is 6.10 Å². The predicted molar refractivity (Wildman–Crippen MR) is 127 cm³/mol. The van der Waals surface area contributed by atoms with Crippen LogP contribution in [0.1, 0.15) is 63.8 Å². The molecule has 0 saturated heterocycles. The largest absolute Gasteiger partial charge is 0.376 e. The number of ether oxygens (including phenoxy) is 1. The fourth-order valence-electron chi connectivity index (χ4n) is 4.48. The molecule has 1 aliphatic carbocycles. The number of allylic oxidation sites excluding steroid dienone is 1. The first kappa shape index (κ1) is 22.0. The van der Waals surface area contributed by atoms with Crippen molar-refractivity contribution in [3.63, 3.8) is 0 Å². The van der Waals surface area contributed by atoms with E-state index in [0.717, 1.165) is 41.5 Å². The van der Waals surface area contributed by atoms with Crippen LogP contribution in [0.2, 0.25) is 0 Å². The molecular formula is C29H32O. The van der Waals surface area contributed by atoms with Gasteiger partial charge in [0.1, 0.15) is 0 Å². The standard InChI is InChI=1S/C29H32O/c1-19-15-21(3)26(22(4)16-19)12-11-25-9-8-10-29(30-7)28(25)14-13-27-23(5)17-20(2)18-24(27)6/h15-18,29H,8-10H2,1-7H3. The molecule has 1 aliphatic rings. The van der Waals surface area contributed by atoms with Gasteiger partial charge in [-0.15, -0.1) is 0 Å². The number of methoxy groups -OCH3 is 1. The molecule has 2 aromatic carbocycles. The van der Waals surface area contributed by atoms with Gasteiger partial charge in [-0.1, -0.05) is 59.1 Å². The maximum Gasteiger partial charge on any atom is 0.0908 e. The second-order valence-corrected chi connectivity index (χ2v) is 8.56. The van der Waals surface area contributed by atoms with Gasteiger partial charge in [0.25, 0.3) is 0 Å². The van der Waals surface area contributed by atoms with Crippen molar-refractivity contribution in [2.75, 3.05) is 7.11 Å². The number of hydrogen-bond acceptors (Lipinski definition) is 1. The molecule has 3 rings (SSSR count). The summed E-state index contributed by atoms with van der Waals surface area (Å²) in [6.07, 6.45) is 3.08. The molecule has 0 aromatic heterocycles. The lowest BCUT2D eigenvalue weighted by Gasteiger charge is -2.22. The van der Waals surface area contributed by atoms with Crippen LogP contribution in [0.5, 0.6) is 0 Å². The number of rotatable bonds is 1. The summed E-state index contributed by atoms with van der Waals surface area (Å²) in [6.45, 7) is 12.8. The van der Waals surface area contributed by atoms with Gasteiger partial charge in [-0.2, -0.15) is 0 Å². The Morgan fingerprint density at radius 2 is 1.17 bits per heavy atom. The first-order valence-electron chi connectivity index (χ1n) is 10.8. The van der Waals surface area contributed by atoms with E-state index >= 15 is 0 Å². The predicted octanol–water partition coefficient (Wildman–Crippen LogP) is 6.44. The molecule has 0 N–H and O–H groups in total. The average Bonchev–Trinajstić information content (AvgIpc) is 2.66. The molecule has 0 amide bonds. The van der Waals surface area contributed by atoms with Crippen LogP contribution in [0.3, 0.4) is 0 Å². The molecule has 1 heteroatoms. The monoisotopic (exact) mass is 396 g/mol. The van der Waals surface area contributed by atoms with Gasteiger partial charge in [-0.25, -0.2) is 0 Å². The third-order valence-corrected chi connectivity index (χ3v) is 5.84. The Balaban J connectivity index is 2.09. The third-order valence-electron chi connectivity index (χ3n) is 5.84. The summed E-state index contributed by atoms with van der Waals surface area (Å²) < 4.78 is 5.79. The van der Waals surface area contributed by atoms with Gasteiger partial charge in [0.2, 0.25) is 0 Å². The highest BCUT2D eigenvalue weighted by Crippen LogP contribution is 2.27. The maximum atomic E-state index is 5.79. The molecular weight excluding hydrogens is 364 g/mol. The van der Waals surface area contributed by atoms with Gasteiger partial charge in [-0.3, -0.25) is 0 Å². The minimum absolute atomic E-state index is 0.0295. The van der Waals surface area contributed by atoms with E-state index < -0.39 is 0 Å². The summed E-state index contributed by atoms with van der Waals surface area (Å²) in [5, 5.41) is 0. The van der Waals surface area contributed by atoms with Gasteiger partial charge in [-0.05, 0) is 83.1 Å². The van der Waals surface area contributed by atoms with Crippen molar-refractivity contribution >= 4 is 0 Å². The lowest BCUT2D eigenvalue weighted by atomic mass is 9.88. The lowest BCUT2D eigenvalue weighted by Crippen LogP contribution is -2.18. The van der Waals surface area contributed by atoms with Gasteiger partial charge < -0.3 is 4.74 Å². The Labute approximate surface area is 182 Å². The molecule has 154 valence electrons. The molecule has 0 radical (unpaired) electrons. The number of benzene rings is 2. The first-order chi connectivity index (χ1) is 14.3. The number of hydrogen-bond donors (Lipinski definition) is 0. The second-order valence-electron chi connectivity index (χ2n) is 8.56. The van der Waals surface area contributed by atoms with Crippen molar-refractivity contribution in [1.29, 1.82) is 0 Å². The Hall–Kier alpha value is -2.74. The fraction of sp³-hybridized carbons (Fsp3) is 0.379. The normalized spacial score (nSPS) is 15.9. The van der Waals surface area contributed by atoms with Crippen molar-refractivity contribution < 1.29 is 4.74 Å². The minimum Gasteiger partial charge on any atom is -0.376 e. The lowest BCUT2D eigenvalue weighted by molar-refractivity contribution is 0.121. The fourth-order valence-corrected chi connectivity index (χ4v) is 4.48. The summed E-state index contributed by atoms with van der Waals surface area (Å²) in [7, 11) is 1.78. The second kappa shape index (κ2) is 9.38. The van der Waals surface area contributed by atoms with Crippen molar-refractivity contribution in [2.24, 2.45) is 0 Å². The topological polar surface area (TPSA) is 9.23 Å². The van der Waals surface area contributed by atoms with Crippen LogP contribution >= 0.6 is 0 Å². The van der Waals surface area contributed by atoms with E-state index in [4.69, 9.17) is 4.74 Å². The molecule has 0 saturated carbocycles. The van der Waals surface area contributed by atoms with Crippen LogP contribution in [-0.4, -0.2) is 13.2 Å². The molecule has 30 heavy (non-hydrogen) atoms. The molecule has 1 nitrogen and oxygen atoms in total. The highest BCUT2D eigenvalue weighted by atomic mass is 16.5. The SMILES string of the molecule is COC1CCCC(C#Cc2c(C)cc(C)cc2C)=C1C#Cc1c(C)cc(C)cc1C. The quantitative estimate of drug-likeness (QED) is 0.504. The van der Waals surface area contributed by atoms with E-state index in [0.29, 0.717) is 0 Å². The zero-order valence-electron chi connectivity index (χ0n) is 19.4. The van der Waals surface area contributed by atoms with Gasteiger partial charge in [0, 0.05) is 29.4 Å². The van der Waals surface area contributed by atoms with E-state index in [2.05, 4.69) is 89.5 Å². The van der Waals surface area contributed by atoms with E-state index in [1.54, 1.807) is 7.11 Å². The van der Waals surface area contributed by atoms with Crippen molar-refractivity contribution in [2.45, 2.75) is 66.9 Å². The Kier molecular flexibility index (Phi) is 6.87. The summed E-state index contributed by atoms with van der Waals surface area (Å²) >= 11 is 0. The van der Waals surface area contributed by atoms with Gasteiger partial charge >= 0.3 is 0 Å². The smallest absolute Gasteiger partial charge is 0.0908 e. The van der Waals surface area contributed by atoms with Crippen LogP contribution in [-0.2, 0) is 4.74 Å².